The molecule has 1 amide bonds. The summed E-state index contributed by atoms with van der Waals surface area (Å²) in [6.45, 7) is 9.16. The van der Waals surface area contributed by atoms with E-state index < -0.39 is 5.91 Å². The highest BCUT2D eigenvalue weighted by Gasteiger charge is 2.18. The Morgan fingerprint density at radius 1 is 0.771 bits per heavy atom. The molecule has 2 aromatic carbocycles. The molecule has 0 saturated heterocycles. The third-order valence-electron chi connectivity index (χ3n) is 7.57. The third kappa shape index (κ3) is 7.18. The zero-order chi connectivity index (χ0) is 34.5. The van der Waals surface area contributed by atoms with Crippen molar-refractivity contribution in [3.63, 3.8) is 0 Å². The van der Waals surface area contributed by atoms with Gasteiger partial charge in [0.15, 0.2) is 0 Å². The molecule has 0 aliphatic rings. The third-order valence-corrected chi connectivity index (χ3v) is 7.57. The molecule has 0 aliphatic carbocycles. The number of benzene rings is 2. The molecule has 6 rings (SSSR count). The molecule has 0 bridgehead atoms. The number of carbonyl (C=O) groups is 1. The summed E-state index contributed by atoms with van der Waals surface area (Å²) in [7, 11) is 0. The van der Waals surface area contributed by atoms with Crippen LogP contribution in [0.1, 0.15) is 44.3 Å². The summed E-state index contributed by atoms with van der Waals surface area (Å²) in [5.41, 5.74) is 14.6. The minimum absolute atomic E-state index is 0.252. The number of halogens is 2. The smallest absolute Gasteiger partial charge is 0.265 e. The number of nitriles is 1. The number of amides is 1. The first-order valence-corrected chi connectivity index (χ1v) is 14.8. The first-order valence-electron chi connectivity index (χ1n) is 14.8. The van der Waals surface area contributed by atoms with E-state index in [0.29, 0.717) is 45.9 Å². The van der Waals surface area contributed by atoms with Gasteiger partial charge in [0.05, 0.1) is 11.4 Å². The largest absolute Gasteiger partial charge is 0.364 e. The fourth-order valence-corrected chi connectivity index (χ4v) is 5.26. The summed E-state index contributed by atoms with van der Waals surface area (Å²) in [6, 6.07) is 16.3. The summed E-state index contributed by atoms with van der Waals surface area (Å²) in [6.07, 6.45) is 3.27. The van der Waals surface area contributed by atoms with Crippen molar-refractivity contribution in [1.29, 1.82) is 5.26 Å². The van der Waals surface area contributed by atoms with Crippen LogP contribution >= 0.6 is 0 Å². The number of hydrogen-bond acceptors (Lipinski definition) is 8. The number of aryl methyl sites for hydroxylation is 3. The van der Waals surface area contributed by atoms with Crippen LogP contribution in [-0.4, -0.2) is 35.8 Å². The van der Waals surface area contributed by atoms with Gasteiger partial charge in [0.2, 0.25) is 11.9 Å². The molecule has 11 nitrogen and oxygen atoms in total. The van der Waals surface area contributed by atoms with Crippen LogP contribution < -0.4 is 16.4 Å². The molecule has 0 spiro atoms. The Hall–Kier alpha value is -6.42. The summed E-state index contributed by atoms with van der Waals surface area (Å²) in [5, 5.41) is 15.2. The van der Waals surface area contributed by atoms with Crippen molar-refractivity contribution in [1.82, 2.24) is 29.9 Å². The van der Waals surface area contributed by atoms with Crippen molar-refractivity contribution in [2.24, 2.45) is 5.73 Å². The standard InChI is InChI=1S/C18H16FN5.C17H16FN5O/c1-10-8-13(4-5-14(10)19)23-18-21-7-6-15(24-18)17-11(2)16(9-20)22-12(17)3;1-9-14(10(2)21-15(9)16(19)24)13-7-8-20-17(23-13)22-12-5-3-11(18)4-6-12/h4-8,22H,1-3H3,(H,21,23,24);3-8,21H,1-2H3,(H2,19,24)(H,20,22,23). The van der Waals surface area contributed by atoms with Crippen molar-refractivity contribution in [3.8, 4) is 28.6 Å². The van der Waals surface area contributed by atoms with Gasteiger partial charge in [-0.05, 0) is 106 Å². The van der Waals surface area contributed by atoms with Crippen molar-refractivity contribution < 1.29 is 13.6 Å². The van der Waals surface area contributed by atoms with E-state index in [0.717, 1.165) is 39.3 Å². The lowest BCUT2D eigenvalue weighted by Gasteiger charge is -2.08. The van der Waals surface area contributed by atoms with Gasteiger partial charge in [0.1, 0.15) is 29.1 Å². The van der Waals surface area contributed by atoms with E-state index in [-0.39, 0.29) is 11.6 Å². The predicted octanol–water partition coefficient (Wildman–Crippen LogP) is 7.22. The van der Waals surface area contributed by atoms with Crippen LogP contribution in [0, 0.1) is 57.6 Å². The number of aromatic nitrogens is 6. The molecule has 0 radical (unpaired) electrons. The maximum atomic E-state index is 13.4. The lowest BCUT2D eigenvalue weighted by Crippen LogP contribution is -2.12. The Morgan fingerprint density at radius 3 is 1.83 bits per heavy atom. The average Bonchev–Trinajstić information content (AvgIpc) is 3.53. The first-order chi connectivity index (χ1) is 22.9. The molecule has 6 aromatic rings. The number of nitrogens with one attached hydrogen (secondary N) is 4. The minimum Gasteiger partial charge on any atom is -0.364 e. The molecule has 48 heavy (non-hydrogen) atoms. The van der Waals surface area contributed by atoms with Crippen molar-refractivity contribution in [3.05, 3.63) is 118 Å². The molecule has 6 N–H and O–H groups in total. The Balaban J connectivity index is 0.000000188. The van der Waals surface area contributed by atoms with Crippen LogP contribution in [0.25, 0.3) is 22.5 Å². The molecule has 0 atom stereocenters. The number of aromatic amines is 2. The Morgan fingerprint density at radius 2 is 1.31 bits per heavy atom. The van der Waals surface area contributed by atoms with E-state index >= 15 is 0 Å². The Labute approximate surface area is 275 Å². The number of carbonyl (C=O) groups excluding carboxylic acids is 1. The number of hydrogen-bond donors (Lipinski definition) is 5. The highest BCUT2D eigenvalue weighted by Crippen LogP contribution is 2.30. The normalized spacial score (nSPS) is 10.5. The van der Waals surface area contributed by atoms with Gasteiger partial charge >= 0.3 is 0 Å². The van der Waals surface area contributed by atoms with Crippen LogP contribution in [0.4, 0.5) is 32.1 Å². The van der Waals surface area contributed by atoms with E-state index in [1.165, 1.54) is 18.2 Å². The quantitative estimate of drug-likeness (QED) is 0.121. The predicted molar refractivity (Wildman–Crippen MR) is 180 cm³/mol. The number of anilines is 4. The molecule has 0 aliphatic heterocycles. The monoisotopic (exact) mass is 646 g/mol. The molecule has 0 saturated carbocycles. The van der Waals surface area contributed by atoms with Gasteiger partial charge in [0, 0.05) is 46.3 Å². The maximum Gasteiger partial charge on any atom is 0.265 e. The SMILES string of the molecule is Cc1[nH]c(C(N)=O)c(C)c1-c1ccnc(Nc2ccc(F)cc2)n1.Cc1cc(Nc2nccc(-c3c(C)[nH]c(C#N)c3C)n2)ccc1F. The number of H-pyrrole nitrogens is 2. The molecule has 0 fully saturated rings. The maximum absolute atomic E-state index is 13.4. The van der Waals surface area contributed by atoms with Gasteiger partial charge < -0.3 is 26.3 Å². The van der Waals surface area contributed by atoms with Gasteiger partial charge in [-0.15, -0.1) is 0 Å². The van der Waals surface area contributed by atoms with Crippen LogP contribution in [0.2, 0.25) is 0 Å². The molecule has 4 heterocycles. The van der Waals surface area contributed by atoms with Crippen molar-refractivity contribution >= 4 is 29.2 Å². The lowest BCUT2D eigenvalue weighted by molar-refractivity contribution is 0.0995. The fraction of sp³-hybridized carbons (Fsp3) is 0.143. The fourth-order valence-electron chi connectivity index (χ4n) is 5.26. The molecule has 13 heteroatoms. The van der Waals surface area contributed by atoms with E-state index in [9.17, 15) is 13.6 Å². The number of rotatable bonds is 7. The highest BCUT2D eigenvalue weighted by molar-refractivity contribution is 5.95. The Kier molecular flexibility index (Phi) is 9.56. The lowest BCUT2D eigenvalue weighted by atomic mass is 10.1. The van der Waals surface area contributed by atoms with Crippen LogP contribution in [0.3, 0.4) is 0 Å². The average molecular weight is 647 g/mol. The van der Waals surface area contributed by atoms with Crippen molar-refractivity contribution in [2.45, 2.75) is 34.6 Å². The van der Waals surface area contributed by atoms with E-state index in [1.807, 2.05) is 27.7 Å². The molecule has 0 unspecified atom stereocenters. The highest BCUT2D eigenvalue weighted by atomic mass is 19.1. The van der Waals surface area contributed by atoms with Gasteiger partial charge in [-0.2, -0.15) is 5.26 Å². The molecule has 242 valence electrons. The molecule has 4 aromatic heterocycles. The van der Waals surface area contributed by atoms with Gasteiger partial charge in [-0.25, -0.2) is 28.7 Å². The zero-order valence-corrected chi connectivity index (χ0v) is 26.8. The second-order valence-electron chi connectivity index (χ2n) is 11.0. The first kappa shape index (κ1) is 33.0. The van der Waals surface area contributed by atoms with Crippen LogP contribution in [0.15, 0.2) is 67.0 Å². The zero-order valence-electron chi connectivity index (χ0n) is 26.8. The van der Waals surface area contributed by atoms with Crippen LogP contribution in [0.5, 0.6) is 0 Å². The summed E-state index contributed by atoms with van der Waals surface area (Å²) in [4.78, 5) is 34.9. The van der Waals surface area contributed by atoms with Crippen LogP contribution in [-0.2, 0) is 0 Å². The van der Waals surface area contributed by atoms with Gasteiger partial charge in [-0.1, -0.05) is 0 Å². The number of nitrogens with two attached hydrogens (primary N) is 1. The van der Waals surface area contributed by atoms with E-state index in [1.54, 1.807) is 55.7 Å². The summed E-state index contributed by atoms with van der Waals surface area (Å²) in [5.74, 6) is -0.289. The minimum atomic E-state index is -0.513. The number of primary amides is 1. The van der Waals surface area contributed by atoms with Gasteiger partial charge in [0.25, 0.3) is 5.91 Å². The topological polar surface area (TPSA) is 174 Å². The summed E-state index contributed by atoms with van der Waals surface area (Å²) >= 11 is 0. The summed E-state index contributed by atoms with van der Waals surface area (Å²) < 4.78 is 26.3. The second-order valence-corrected chi connectivity index (χ2v) is 11.0. The van der Waals surface area contributed by atoms with Crippen molar-refractivity contribution in [2.75, 3.05) is 10.6 Å². The Bertz CT molecular complexity index is 2160. The van der Waals surface area contributed by atoms with E-state index in [4.69, 9.17) is 11.0 Å². The molecular weight excluding hydrogens is 614 g/mol. The molecular formula is C35H32F2N10O. The number of nitrogens with zero attached hydrogens (tertiary/aromatic N) is 5. The van der Waals surface area contributed by atoms with Gasteiger partial charge in [-0.3, -0.25) is 4.79 Å². The second kappa shape index (κ2) is 13.9. The van der Waals surface area contributed by atoms with E-state index in [2.05, 4.69) is 46.6 Å².